The highest BCUT2D eigenvalue weighted by atomic mass is 16.5. The molecule has 4 heteroatoms. The van der Waals surface area contributed by atoms with Gasteiger partial charge in [0.1, 0.15) is 6.04 Å². The molecule has 0 aliphatic rings. The van der Waals surface area contributed by atoms with Crippen LogP contribution in [0, 0.1) is 11.3 Å². The average molecular weight is 294 g/mol. The summed E-state index contributed by atoms with van der Waals surface area (Å²) in [6.45, 7) is 0.709. The smallest absolute Gasteiger partial charge is 0.337 e. The summed E-state index contributed by atoms with van der Waals surface area (Å²) >= 11 is 0. The summed E-state index contributed by atoms with van der Waals surface area (Å²) in [5.41, 5.74) is 2.54. The van der Waals surface area contributed by atoms with Crippen LogP contribution in [0.25, 0.3) is 0 Å². The molecule has 2 rings (SSSR count). The van der Waals surface area contributed by atoms with Crippen molar-refractivity contribution in [2.75, 3.05) is 13.7 Å². The lowest BCUT2D eigenvalue weighted by atomic mass is 10.1. The van der Waals surface area contributed by atoms with E-state index in [2.05, 4.69) is 28.3 Å². The van der Waals surface area contributed by atoms with Crippen LogP contribution >= 0.6 is 0 Å². The Bertz CT molecular complexity index is 645. The zero-order chi connectivity index (χ0) is 15.8. The van der Waals surface area contributed by atoms with Gasteiger partial charge >= 0.3 is 5.97 Å². The maximum absolute atomic E-state index is 11.4. The van der Waals surface area contributed by atoms with Crippen LogP contribution in [0.5, 0.6) is 0 Å². The van der Waals surface area contributed by atoms with Gasteiger partial charge in [0, 0.05) is 6.54 Å². The molecule has 2 aromatic rings. The van der Waals surface area contributed by atoms with Gasteiger partial charge in [0.15, 0.2) is 0 Å². The predicted molar refractivity (Wildman–Crippen MR) is 84.3 cm³/mol. The molecule has 0 bridgehead atoms. The van der Waals surface area contributed by atoms with E-state index in [1.807, 2.05) is 18.2 Å². The Morgan fingerprint density at radius 1 is 1.18 bits per heavy atom. The number of hydrogen-bond donors (Lipinski definition) is 1. The molecule has 22 heavy (non-hydrogen) atoms. The normalized spacial score (nSPS) is 11.5. The molecule has 0 spiro atoms. The largest absolute Gasteiger partial charge is 0.465 e. The van der Waals surface area contributed by atoms with E-state index in [-0.39, 0.29) is 5.97 Å². The molecule has 0 amide bonds. The first-order valence-corrected chi connectivity index (χ1v) is 7.10. The maximum Gasteiger partial charge on any atom is 0.337 e. The molecule has 112 valence electrons. The molecule has 0 aliphatic carbocycles. The third-order valence-electron chi connectivity index (χ3n) is 3.40. The van der Waals surface area contributed by atoms with Crippen molar-refractivity contribution in [2.45, 2.75) is 12.5 Å². The van der Waals surface area contributed by atoms with E-state index in [0.29, 0.717) is 12.1 Å². The highest BCUT2D eigenvalue weighted by Crippen LogP contribution is 2.14. The summed E-state index contributed by atoms with van der Waals surface area (Å²) < 4.78 is 4.66. The molecule has 1 unspecified atom stereocenters. The van der Waals surface area contributed by atoms with Crippen LogP contribution in [-0.4, -0.2) is 19.6 Å². The Hall–Kier alpha value is -2.64. The second kappa shape index (κ2) is 7.96. The van der Waals surface area contributed by atoms with Crippen molar-refractivity contribution in [3.05, 3.63) is 71.3 Å². The molecular weight excluding hydrogens is 276 g/mol. The van der Waals surface area contributed by atoms with Crippen LogP contribution in [0.15, 0.2) is 54.6 Å². The van der Waals surface area contributed by atoms with Crippen molar-refractivity contribution in [2.24, 2.45) is 0 Å². The summed E-state index contributed by atoms with van der Waals surface area (Å²) in [5.74, 6) is -0.378. The van der Waals surface area contributed by atoms with E-state index < -0.39 is 6.04 Å². The molecule has 0 saturated carbocycles. The molecule has 1 N–H and O–H groups in total. The third-order valence-corrected chi connectivity index (χ3v) is 3.40. The molecule has 0 fully saturated rings. The van der Waals surface area contributed by atoms with Crippen LogP contribution < -0.4 is 5.32 Å². The lowest BCUT2D eigenvalue weighted by Crippen LogP contribution is -2.22. The molecule has 0 radical (unpaired) electrons. The third kappa shape index (κ3) is 4.18. The van der Waals surface area contributed by atoms with E-state index in [0.717, 1.165) is 12.0 Å². The maximum atomic E-state index is 11.4. The van der Waals surface area contributed by atoms with Crippen LogP contribution in [0.4, 0.5) is 0 Å². The Kier molecular flexibility index (Phi) is 5.70. The number of nitriles is 1. The van der Waals surface area contributed by atoms with Crippen molar-refractivity contribution in [3.63, 3.8) is 0 Å². The van der Waals surface area contributed by atoms with Gasteiger partial charge in [-0.15, -0.1) is 0 Å². The number of carbonyl (C=O) groups is 1. The molecule has 2 aromatic carbocycles. The fraction of sp³-hybridized carbons (Fsp3) is 0.222. The Morgan fingerprint density at radius 2 is 1.86 bits per heavy atom. The molecule has 0 heterocycles. The summed E-state index contributed by atoms with van der Waals surface area (Å²) in [6.07, 6.45) is 0.860. The van der Waals surface area contributed by atoms with E-state index >= 15 is 0 Å². The standard InChI is InChI=1S/C18H18N2O2/c1-22-18(21)16-9-7-15(8-10-16)17(13-19)20-12-11-14-5-3-2-4-6-14/h2-10,17,20H,11-12H2,1H3. The van der Waals surface area contributed by atoms with E-state index in [4.69, 9.17) is 0 Å². The lowest BCUT2D eigenvalue weighted by molar-refractivity contribution is 0.0600. The molecule has 0 saturated heterocycles. The van der Waals surface area contributed by atoms with Gasteiger partial charge in [-0.05, 0) is 29.7 Å². The fourth-order valence-electron chi connectivity index (χ4n) is 2.17. The summed E-state index contributed by atoms with van der Waals surface area (Å²) in [6, 6.07) is 18.9. The number of rotatable bonds is 6. The topological polar surface area (TPSA) is 62.1 Å². The Morgan fingerprint density at radius 3 is 2.45 bits per heavy atom. The first kappa shape index (κ1) is 15.7. The van der Waals surface area contributed by atoms with Crippen LogP contribution in [-0.2, 0) is 11.2 Å². The fourth-order valence-corrected chi connectivity index (χ4v) is 2.17. The summed E-state index contributed by atoms with van der Waals surface area (Å²) in [4.78, 5) is 11.4. The Balaban J connectivity index is 1.94. The monoisotopic (exact) mass is 294 g/mol. The van der Waals surface area contributed by atoms with Gasteiger partial charge in [-0.2, -0.15) is 5.26 Å². The van der Waals surface area contributed by atoms with Crippen LogP contribution in [0.3, 0.4) is 0 Å². The minimum atomic E-state index is -0.393. The minimum Gasteiger partial charge on any atom is -0.465 e. The zero-order valence-corrected chi connectivity index (χ0v) is 12.5. The first-order valence-electron chi connectivity index (χ1n) is 7.10. The second-order valence-electron chi connectivity index (χ2n) is 4.87. The number of hydrogen-bond acceptors (Lipinski definition) is 4. The highest BCUT2D eigenvalue weighted by Gasteiger charge is 2.11. The number of carbonyl (C=O) groups excluding carboxylic acids is 1. The minimum absolute atomic E-state index is 0.378. The number of esters is 1. The molecule has 0 aromatic heterocycles. The summed E-state index contributed by atoms with van der Waals surface area (Å²) in [7, 11) is 1.35. The van der Waals surface area contributed by atoms with Gasteiger partial charge in [-0.1, -0.05) is 42.5 Å². The van der Waals surface area contributed by atoms with Crippen molar-refractivity contribution in [1.29, 1.82) is 5.26 Å². The molecular formula is C18H18N2O2. The summed E-state index contributed by atoms with van der Waals surface area (Å²) in [5, 5.41) is 12.5. The quantitative estimate of drug-likeness (QED) is 0.832. The zero-order valence-electron chi connectivity index (χ0n) is 12.5. The molecule has 0 aliphatic heterocycles. The van der Waals surface area contributed by atoms with Gasteiger partial charge < -0.3 is 4.74 Å². The van der Waals surface area contributed by atoms with Crippen LogP contribution in [0.1, 0.15) is 27.5 Å². The van der Waals surface area contributed by atoms with E-state index in [1.165, 1.54) is 12.7 Å². The van der Waals surface area contributed by atoms with Gasteiger partial charge in [-0.3, -0.25) is 5.32 Å². The van der Waals surface area contributed by atoms with E-state index in [9.17, 15) is 10.1 Å². The van der Waals surface area contributed by atoms with E-state index in [1.54, 1.807) is 24.3 Å². The SMILES string of the molecule is COC(=O)c1ccc(C(C#N)NCCc2ccccc2)cc1. The van der Waals surface area contributed by atoms with Crippen molar-refractivity contribution < 1.29 is 9.53 Å². The van der Waals surface area contributed by atoms with Gasteiger partial charge in [0.05, 0.1) is 18.7 Å². The molecule has 1 atom stereocenters. The lowest BCUT2D eigenvalue weighted by Gasteiger charge is -2.12. The number of nitrogens with zero attached hydrogens (tertiary/aromatic N) is 1. The van der Waals surface area contributed by atoms with Crippen LogP contribution in [0.2, 0.25) is 0 Å². The first-order chi connectivity index (χ1) is 10.7. The van der Waals surface area contributed by atoms with Crippen molar-refractivity contribution in [3.8, 4) is 6.07 Å². The van der Waals surface area contributed by atoms with Gasteiger partial charge in [0.2, 0.25) is 0 Å². The number of benzene rings is 2. The molecule has 4 nitrogen and oxygen atoms in total. The van der Waals surface area contributed by atoms with Crippen molar-refractivity contribution >= 4 is 5.97 Å². The van der Waals surface area contributed by atoms with Gasteiger partial charge in [0.25, 0.3) is 0 Å². The average Bonchev–Trinajstić information content (AvgIpc) is 2.59. The highest BCUT2D eigenvalue weighted by molar-refractivity contribution is 5.89. The number of methoxy groups -OCH3 is 1. The predicted octanol–water partition coefficient (Wildman–Crippen LogP) is 2.87. The number of ether oxygens (including phenoxy) is 1. The second-order valence-corrected chi connectivity index (χ2v) is 4.87. The van der Waals surface area contributed by atoms with Crippen molar-refractivity contribution in [1.82, 2.24) is 5.32 Å². The van der Waals surface area contributed by atoms with Gasteiger partial charge in [-0.25, -0.2) is 4.79 Å². The number of nitrogens with one attached hydrogen (secondary N) is 1. The Labute approximate surface area is 130 Å².